The zero-order valence-electron chi connectivity index (χ0n) is 15.8. The highest BCUT2D eigenvalue weighted by Crippen LogP contribution is 2.39. The summed E-state index contributed by atoms with van der Waals surface area (Å²) in [7, 11) is 0. The van der Waals surface area contributed by atoms with Crippen LogP contribution in [0, 0.1) is 0 Å². The Morgan fingerprint density at radius 2 is 1.61 bits per heavy atom. The maximum Gasteiger partial charge on any atom is 0.270 e. The smallest absolute Gasteiger partial charge is 0.270 e. The van der Waals surface area contributed by atoms with E-state index in [0.29, 0.717) is 36.6 Å². The fraction of sp³-hybridized carbons (Fsp3) is 0.0435. The SMILES string of the molecule is O=C1/C(=C/c2ccc(OCc3ccc(Cl)cc3)cc2)SC(=S)N1c1ccc(Cl)cc1Cl. The number of nitrogens with zero attached hydrogens (tertiary/aromatic N) is 1. The van der Waals surface area contributed by atoms with Crippen molar-refractivity contribution in [3.8, 4) is 5.75 Å². The van der Waals surface area contributed by atoms with Crippen LogP contribution < -0.4 is 9.64 Å². The lowest BCUT2D eigenvalue weighted by atomic mass is 10.2. The number of thioether (sulfide) groups is 1. The van der Waals surface area contributed by atoms with Gasteiger partial charge in [0.05, 0.1) is 15.6 Å². The predicted octanol–water partition coefficient (Wildman–Crippen LogP) is 7.63. The molecule has 1 fully saturated rings. The van der Waals surface area contributed by atoms with E-state index in [9.17, 15) is 4.79 Å². The van der Waals surface area contributed by atoms with Crippen LogP contribution in [0.4, 0.5) is 5.69 Å². The van der Waals surface area contributed by atoms with Crippen LogP contribution in [0.5, 0.6) is 5.75 Å². The van der Waals surface area contributed by atoms with Gasteiger partial charge >= 0.3 is 0 Å². The molecule has 3 aromatic rings. The molecule has 1 aliphatic heterocycles. The molecule has 31 heavy (non-hydrogen) atoms. The largest absolute Gasteiger partial charge is 0.489 e. The molecule has 1 saturated heterocycles. The van der Waals surface area contributed by atoms with Crippen molar-refractivity contribution in [1.29, 1.82) is 0 Å². The minimum atomic E-state index is -0.220. The number of amides is 1. The standard InChI is InChI=1S/C23H14Cl3NO2S2/c24-16-5-1-15(2-6-16)13-29-18-8-3-14(4-9-18)11-21-22(28)27(23(30)31-21)20-10-7-17(25)12-19(20)26/h1-12H,13H2/b21-11-. The van der Waals surface area contributed by atoms with Crippen LogP contribution in [0.15, 0.2) is 71.6 Å². The Balaban J connectivity index is 1.46. The summed E-state index contributed by atoms with van der Waals surface area (Å²) < 4.78 is 6.22. The van der Waals surface area contributed by atoms with Crippen molar-refractivity contribution < 1.29 is 9.53 Å². The monoisotopic (exact) mass is 505 g/mol. The van der Waals surface area contributed by atoms with Crippen molar-refractivity contribution in [3.63, 3.8) is 0 Å². The first-order valence-electron chi connectivity index (χ1n) is 9.11. The van der Waals surface area contributed by atoms with Crippen LogP contribution in [0.3, 0.4) is 0 Å². The third-order valence-corrected chi connectivity index (χ3v) is 6.53. The molecule has 0 aliphatic carbocycles. The number of hydrogen-bond donors (Lipinski definition) is 0. The van der Waals surface area contributed by atoms with Gasteiger partial charge < -0.3 is 4.74 Å². The number of carbonyl (C=O) groups is 1. The number of halogens is 3. The first kappa shape index (κ1) is 22.2. The van der Waals surface area contributed by atoms with E-state index in [4.69, 9.17) is 51.8 Å². The topological polar surface area (TPSA) is 29.5 Å². The molecule has 0 N–H and O–H groups in total. The average Bonchev–Trinajstić information content (AvgIpc) is 3.02. The number of benzene rings is 3. The van der Waals surface area contributed by atoms with Gasteiger partial charge in [-0.1, -0.05) is 83.0 Å². The number of anilines is 1. The van der Waals surface area contributed by atoms with E-state index in [0.717, 1.165) is 16.9 Å². The maximum absolute atomic E-state index is 12.9. The van der Waals surface area contributed by atoms with Crippen molar-refractivity contribution in [2.24, 2.45) is 0 Å². The molecule has 0 unspecified atom stereocenters. The molecule has 0 saturated carbocycles. The van der Waals surface area contributed by atoms with E-state index in [2.05, 4.69) is 0 Å². The number of ether oxygens (including phenoxy) is 1. The van der Waals surface area contributed by atoms with Gasteiger partial charge in [-0.15, -0.1) is 0 Å². The van der Waals surface area contributed by atoms with E-state index in [1.54, 1.807) is 24.3 Å². The summed E-state index contributed by atoms with van der Waals surface area (Å²) in [6.07, 6.45) is 1.80. The Morgan fingerprint density at radius 1 is 0.935 bits per heavy atom. The molecule has 8 heteroatoms. The van der Waals surface area contributed by atoms with Gasteiger partial charge in [-0.25, -0.2) is 0 Å². The van der Waals surface area contributed by atoms with E-state index >= 15 is 0 Å². The van der Waals surface area contributed by atoms with Crippen LogP contribution >= 0.6 is 58.8 Å². The van der Waals surface area contributed by atoms with Crippen molar-refractivity contribution >= 4 is 80.8 Å². The van der Waals surface area contributed by atoms with Gasteiger partial charge in [-0.2, -0.15) is 0 Å². The van der Waals surface area contributed by atoms with Crippen LogP contribution in [-0.2, 0) is 11.4 Å². The van der Waals surface area contributed by atoms with E-state index in [1.165, 1.54) is 16.7 Å². The lowest BCUT2D eigenvalue weighted by Crippen LogP contribution is -2.27. The summed E-state index contributed by atoms with van der Waals surface area (Å²) in [5.74, 6) is 0.509. The van der Waals surface area contributed by atoms with Gasteiger partial charge in [0.15, 0.2) is 4.32 Å². The van der Waals surface area contributed by atoms with Gasteiger partial charge in [-0.3, -0.25) is 9.69 Å². The van der Waals surface area contributed by atoms with Gasteiger partial charge in [0, 0.05) is 10.0 Å². The molecule has 0 bridgehead atoms. The van der Waals surface area contributed by atoms with Crippen molar-refractivity contribution in [2.75, 3.05) is 4.90 Å². The van der Waals surface area contributed by atoms with Crippen LogP contribution in [0.2, 0.25) is 15.1 Å². The zero-order valence-corrected chi connectivity index (χ0v) is 19.8. The van der Waals surface area contributed by atoms with E-state index in [-0.39, 0.29) is 5.91 Å². The summed E-state index contributed by atoms with van der Waals surface area (Å²) in [6, 6.07) is 19.9. The molecule has 0 radical (unpaired) electrons. The lowest BCUT2D eigenvalue weighted by molar-refractivity contribution is -0.113. The summed E-state index contributed by atoms with van der Waals surface area (Å²) in [5.41, 5.74) is 2.41. The molecule has 4 rings (SSSR count). The van der Waals surface area contributed by atoms with Crippen LogP contribution in [0.1, 0.15) is 11.1 Å². The first-order valence-corrected chi connectivity index (χ1v) is 11.5. The Bertz CT molecular complexity index is 1180. The van der Waals surface area contributed by atoms with Gasteiger partial charge in [0.25, 0.3) is 5.91 Å². The molecule has 0 atom stereocenters. The minimum absolute atomic E-state index is 0.220. The molecular weight excluding hydrogens is 493 g/mol. The predicted molar refractivity (Wildman–Crippen MR) is 134 cm³/mol. The Kier molecular flexibility index (Phi) is 6.89. The van der Waals surface area contributed by atoms with E-state index in [1.807, 2.05) is 48.5 Å². The van der Waals surface area contributed by atoms with Crippen molar-refractivity contribution in [2.45, 2.75) is 6.61 Å². The summed E-state index contributed by atoms with van der Waals surface area (Å²) in [5, 5.41) is 1.55. The number of thiocarbonyl (C=S) groups is 1. The van der Waals surface area contributed by atoms with Crippen LogP contribution in [0.25, 0.3) is 6.08 Å². The fourth-order valence-electron chi connectivity index (χ4n) is 2.90. The maximum atomic E-state index is 12.9. The normalized spacial score (nSPS) is 15.1. The fourth-order valence-corrected chi connectivity index (χ4v) is 4.80. The highest BCUT2D eigenvalue weighted by molar-refractivity contribution is 8.27. The number of rotatable bonds is 5. The number of carbonyl (C=O) groups excluding carboxylic acids is 1. The lowest BCUT2D eigenvalue weighted by Gasteiger charge is -2.16. The number of hydrogen-bond acceptors (Lipinski definition) is 4. The highest BCUT2D eigenvalue weighted by atomic mass is 35.5. The van der Waals surface area contributed by atoms with Gasteiger partial charge in [0.2, 0.25) is 0 Å². The Labute approximate surface area is 204 Å². The Morgan fingerprint density at radius 3 is 2.29 bits per heavy atom. The molecular formula is C23H14Cl3NO2S2. The minimum Gasteiger partial charge on any atom is -0.489 e. The first-order chi connectivity index (χ1) is 14.9. The van der Waals surface area contributed by atoms with Gasteiger partial charge in [-0.05, 0) is 59.7 Å². The molecule has 156 valence electrons. The molecule has 1 amide bonds. The summed E-state index contributed by atoms with van der Waals surface area (Å²) in [6.45, 7) is 0.441. The second-order valence-corrected chi connectivity index (χ2v) is 9.55. The summed E-state index contributed by atoms with van der Waals surface area (Å²) >= 11 is 24.7. The molecule has 1 aliphatic rings. The van der Waals surface area contributed by atoms with Crippen molar-refractivity contribution in [3.05, 3.63) is 97.8 Å². The zero-order chi connectivity index (χ0) is 22.0. The molecule has 0 spiro atoms. The third kappa shape index (κ3) is 5.25. The molecule has 3 aromatic carbocycles. The Hall–Kier alpha value is -2.02. The molecule has 1 heterocycles. The second-order valence-electron chi connectivity index (χ2n) is 6.60. The highest BCUT2D eigenvalue weighted by Gasteiger charge is 2.34. The van der Waals surface area contributed by atoms with Gasteiger partial charge in [0.1, 0.15) is 12.4 Å². The average molecular weight is 507 g/mol. The molecule has 3 nitrogen and oxygen atoms in total. The quantitative estimate of drug-likeness (QED) is 0.263. The third-order valence-electron chi connectivity index (χ3n) is 4.44. The van der Waals surface area contributed by atoms with E-state index < -0.39 is 0 Å². The van der Waals surface area contributed by atoms with Crippen LogP contribution in [-0.4, -0.2) is 10.2 Å². The molecule has 0 aromatic heterocycles. The second kappa shape index (κ2) is 9.63. The van der Waals surface area contributed by atoms with Crippen molar-refractivity contribution in [1.82, 2.24) is 0 Å². The summed E-state index contributed by atoms with van der Waals surface area (Å²) in [4.78, 5) is 14.9.